The Balaban J connectivity index is 1.69. The number of sulfonamides is 1. The third kappa shape index (κ3) is 5.22. The van der Waals surface area contributed by atoms with Crippen LogP contribution < -0.4 is 5.32 Å². The first-order valence-electron chi connectivity index (χ1n) is 8.72. The summed E-state index contributed by atoms with van der Waals surface area (Å²) in [5.41, 5.74) is 0. The molecule has 2 unspecified atom stereocenters. The Morgan fingerprint density at radius 1 is 1.14 bits per heavy atom. The Bertz CT molecular complexity index is 403. The molecule has 5 heteroatoms. The molecule has 21 heavy (non-hydrogen) atoms. The van der Waals surface area contributed by atoms with Crippen molar-refractivity contribution in [1.29, 1.82) is 0 Å². The maximum absolute atomic E-state index is 12.0. The van der Waals surface area contributed by atoms with Crippen molar-refractivity contribution in [2.24, 2.45) is 11.8 Å². The van der Waals surface area contributed by atoms with Gasteiger partial charge in [-0.3, -0.25) is 0 Å². The van der Waals surface area contributed by atoms with E-state index in [0.717, 1.165) is 31.2 Å². The minimum atomic E-state index is -2.99. The molecule has 2 aliphatic rings. The predicted molar refractivity (Wildman–Crippen MR) is 87.8 cm³/mol. The molecule has 0 aromatic heterocycles. The van der Waals surface area contributed by atoms with Crippen LogP contribution >= 0.6 is 0 Å². The van der Waals surface area contributed by atoms with Gasteiger partial charge in [0.15, 0.2) is 0 Å². The fourth-order valence-corrected chi connectivity index (χ4v) is 5.34. The molecule has 0 aromatic carbocycles. The van der Waals surface area contributed by atoms with Crippen LogP contribution in [0.1, 0.15) is 58.8 Å². The Morgan fingerprint density at radius 2 is 1.86 bits per heavy atom. The van der Waals surface area contributed by atoms with Gasteiger partial charge in [-0.05, 0) is 50.5 Å². The highest BCUT2D eigenvalue weighted by Gasteiger charge is 2.27. The van der Waals surface area contributed by atoms with Gasteiger partial charge >= 0.3 is 0 Å². The highest BCUT2D eigenvalue weighted by Crippen LogP contribution is 2.28. The molecule has 1 saturated heterocycles. The van der Waals surface area contributed by atoms with Crippen molar-refractivity contribution in [2.45, 2.75) is 64.8 Å². The number of rotatable bonds is 6. The van der Waals surface area contributed by atoms with Crippen molar-refractivity contribution in [3.8, 4) is 0 Å². The van der Waals surface area contributed by atoms with Crippen LogP contribution in [0.15, 0.2) is 0 Å². The number of hydrogen-bond acceptors (Lipinski definition) is 3. The summed E-state index contributed by atoms with van der Waals surface area (Å²) in [6.45, 7) is 6.80. The zero-order chi connectivity index (χ0) is 15.3. The summed E-state index contributed by atoms with van der Waals surface area (Å²) in [6, 6.07) is 0.510. The molecular weight excluding hydrogens is 284 g/mol. The van der Waals surface area contributed by atoms with E-state index in [9.17, 15) is 8.42 Å². The molecule has 124 valence electrons. The number of nitrogens with zero attached hydrogens (tertiary/aromatic N) is 1. The Morgan fingerprint density at radius 3 is 2.48 bits per heavy atom. The van der Waals surface area contributed by atoms with Crippen molar-refractivity contribution in [1.82, 2.24) is 9.62 Å². The molecule has 0 spiro atoms. The third-order valence-electron chi connectivity index (χ3n) is 5.05. The summed E-state index contributed by atoms with van der Waals surface area (Å²) in [5, 5.41) is 3.69. The van der Waals surface area contributed by atoms with Gasteiger partial charge in [0.25, 0.3) is 0 Å². The predicted octanol–water partition coefficient (Wildman–Crippen LogP) is 2.61. The normalized spacial score (nSPS) is 29.6. The Hall–Kier alpha value is -0.130. The van der Waals surface area contributed by atoms with Crippen LogP contribution in [0.2, 0.25) is 0 Å². The number of nitrogens with one attached hydrogen (secondary N) is 1. The average molecular weight is 317 g/mol. The second-order valence-electron chi connectivity index (χ2n) is 7.04. The Kier molecular flexibility index (Phi) is 6.51. The highest BCUT2D eigenvalue weighted by molar-refractivity contribution is 7.89. The van der Waals surface area contributed by atoms with Crippen molar-refractivity contribution in [2.75, 3.05) is 25.4 Å². The molecule has 2 rings (SSSR count). The van der Waals surface area contributed by atoms with Gasteiger partial charge in [-0.1, -0.05) is 26.7 Å². The van der Waals surface area contributed by atoms with E-state index in [1.807, 2.05) is 6.92 Å². The lowest BCUT2D eigenvalue weighted by Crippen LogP contribution is -2.46. The summed E-state index contributed by atoms with van der Waals surface area (Å²) < 4.78 is 25.8. The zero-order valence-electron chi connectivity index (χ0n) is 13.7. The first kappa shape index (κ1) is 17.2. The summed E-state index contributed by atoms with van der Waals surface area (Å²) >= 11 is 0. The van der Waals surface area contributed by atoms with Gasteiger partial charge in [-0.2, -0.15) is 0 Å². The molecule has 0 aromatic rings. The molecule has 1 aliphatic carbocycles. The van der Waals surface area contributed by atoms with Gasteiger partial charge in [0.2, 0.25) is 10.0 Å². The van der Waals surface area contributed by atoms with E-state index >= 15 is 0 Å². The summed E-state index contributed by atoms with van der Waals surface area (Å²) in [6.07, 6.45) is 8.12. The van der Waals surface area contributed by atoms with E-state index in [4.69, 9.17) is 0 Å². The largest absolute Gasteiger partial charge is 0.314 e. The fraction of sp³-hybridized carbons (Fsp3) is 1.00. The lowest BCUT2D eigenvalue weighted by atomic mass is 9.82. The van der Waals surface area contributed by atoms with Gasteiger partial charge in [0.1, 0.15) is 0 Å². The molecule has 0 radical (unpaired) electrons. The van der Waals surface area contributed by atoms with Crippen LogP contribution in [0.25, 0.3) is 0 Å². The summed E-state index contributed by atoms with van der Waals surface area (Å²) in [4.78, 5) is 0. The monoisotopic (exact) mass is 316 g/mol. The van der Waals surface area contributed by atoms with E-state index in [2.05, 4.69) is 12.2 Å². The first-order valence-corrected chi connectivity index (χ1v) is 10.3. The van der Waals surface area contributed by atoms with Crippen LogP contribution in [0, 0.1) is 11.8 Å². The van der Waals surface area contributed by atoms with Gasteiger partial charge in [0.05, 0.1) is 5.75 Å². The van der Waals surface area contributed by atoms with Gasteiger partial charge in [0, 0.05) is 19.1 Å². The van der Waals surface area contributed by atoms with E-state index in [0.29, 0.717) is 31.3 Å². The van der Waals surface area contributed by atoms with Crippen molar-refractivity contribution in [3.05, 3.63) is 0 Å². The topological polar surface area (TPSA) is 49.4 Å². The lowest BCUT2D eigenvalue weighted by Gasteiger charge is -2.33. The summed E-state index contributed by atoms with van der Waals surface area (Å²) in [5.74, 6) is 2.01. The molecule has 4 nitrogen and oxygen atoms in total. The molecule has 1 N–H and O–H groups in total. The molecule has 0 amide bonds. The molecular formula is C16H32N2O2S. The van der Waals surface area contributed by atoms with Crippen molar-refractivity contribution in [3.63, 3.8) is 0 Å². The van der Waals surface area contributed by atoms with Gasteiger partial charge in [-0.25, -0.2) is 12.7 Å². The van der Waals surface area contributed by atoms with Gasteiger partial charge in [-0.15, -0.1) is 0 Å². The minimum Gasteiger partial charge on any atom is -0.314 e. The second kappa shape index (κ2) is 7.93. The first-order chi connectivity index (χ1) is 10.0. The quantitative estimate of drug-likeness (QED) is 0.819. The molecule has 1 saturated carbocycles. The molecule has 2 fully saturated rings. The van der Waals surface area contributed by atoms with E-state index < -0.39 is 10.0 Å². The van der Waals surface area contributed by atoms with Gasteiger partial charge < -0.3 is 5.32 Å². The standard InChI is InChI=1S/C16H32N2O2S/c1-3-11-21(19,20)18-9-7-16(8-10-18)17-13-15-6-4-5-14(2)12-15/h14-17H,3-13H2,1-2H3. The number of hydrogen-bond donors (Lipinski definition) is 1. The lowest BCUT2D eigenvalue weighted by molar-refractivity contribution is 0.241. The smallest absolute Gasteiger partial charge is 0.214 e. The average Bonchev–Trinajstić information content (AvgIpc) is 2.46. The van der Waals surface area contributed by atoms with E-state index in [1.54, 1.807) is 4.31 Å². The van der Waals surface area contributed by atoms with Crippen molar-refractivity contribution < 1.29 is 8.42 Å². The SMILES string of the molecule is CCCS(=O)(=O)N1CCC(NCC2CCCC(C)C2)CC1. The van der Waals surface area contributed by atoms with Crippen LogP contribution in [-0.2, 0) is 10.0 Å². The molecule has 0 bridgehead atoms. The molecule has 1 aliphatic heterocycles. The number of piperidine rings is 1. The molecule has 1 heterocycles. The minimum absolute atomic E-state index is 0.297. The van der Waals surface area contributed by atoms with E-state index in [1.165, 1.54) is 25.7 Å². The second-order valence-corrected chi connectivity index (χ2v) is 9.12. The zero-order valence-corrected chi connectivity index (χ0v) is 14.5. The molecule has 2 atom stereocenters. The third-order valence-corrected chi connectivity index (χ3v) is 7.13. The summed E-state index contributed by atoms with van der Waals surface area (Å²) in [7, 11) is -2.99. The maximum atomic E-state index is 12.0. The van der Waals surface area contributed by atoms with Crippen LogP contribution in [0.3, 0.4) is 0 Å². The Labute approximate surface area is 130 Å². The maximum Gasteiger partial charge on any atom is 0.214 e. The van der Waals surface area contributed by atoms with E-state index in [-0.39, 0.29) is 0 Å². The van der Waals surface area contributed by atoms with Crippen LogP contribution in [0.5, 0.6) is 0 Å². The fourth-order valence-electron chi connectivity index (χ4n) is 3.80. The van der Waals surface area contributed by atoms with Crippen LogP contribution in [0.4, 0.5) is 0 Å². The van der Waals surface area contributed by atoms with Crippen molar-refractivity contribution >= 4 is 10.0 Å². The van der Waals surface area contributed by atoms with Crippen LogP contribution in [-0.4, -0.2) is 44.2 Å². The highest BCUT2D eigenvalue weighted by atomic mass is 32.2.